The summed E-state index contributed by atoms with van der Waals surface area (Å²) in [5, 5.41) is 4.79. The monoisotopic (exact) mass is 620 g/mol. The minimum Gasteiger partial charge on any atom is -0.494 e. The van der Waals surface area contributed by atoms with Crippen molar-refractivity contribution in [3.8, 4) is 5.75 Å². The van der Waals surface area contributed by atoms with Gasteiger partial charge in [0.05, 0.1) is 39.8 Å². The van der Waals surface area contributed by atoms with Crippen LogP contribution in [0.5, 0.6) is 5.75 Å². The Morgan fingerprint density at radius 2 is 1.56 bits per heavy atom. The lowest BCUT2D eigenvalue weighted by Gasteiger charge is -2.29. The van der Waals surface area contributed by atoms with E-state index in [-0.39, 0.29) is 16.3 Å². The Balaban J connectivity index is 1.25. The topological polar surface area (TPSA) is 151 Å². The van der Waals surface area contributed by atoms with Gasteiger partial charge in [0.15, 0.2) is 0 Å². The van der Waals surface area contributed by atoms with Crippen LogP contribution in [-0.4, -0.2) is 69.8 Å². The molecule has 2 N–H and O–H groups in total. The van der Waals surface area contributed by atoms with Gasteiger partial charge in [-0.25, -0.2) is 25.3 Å². The molecule has 1 heterocycles. The third-order valence-corrected chi connectivity index (χ3v) is 12.9. The number of unbranched alkanes of at least 4 members (excludes halogenated alkanes) is 1. The molecule has 41 heavy (non-hydrogen) atoms. The lowest BCUT2D eigenvalue weighted by Crippen LogP contribution is -2.33. The van der Waals surface area contributed by atoms with Gasteiger partial charge in [0, 0.05) is 18.3 Å². The largest absolute Gasteiger partial charge is 0.494 e. The Morgan fingerprint density at radius 3 is 2.27 bits per heavy atom. The first-order valence-electron chi connectivity index (χ1n) is 12.8. The molecule has 0 radical (unpaired) electrons. The van der Waals surface area contributed by atoms with Crippen molar-refractivity contribution < 1.29 is 30.0 Å². The second-order valence-corrected chi connectivity index (χ2v) is 17.5. The zero-order valence-electron chi connectivity index (χ0n) is 22.4. The number of rotatable bonds is 14. The first kappa shape index (κ1) is 30.5. The van der Waals surface area contributed by atoms with Gasteiger partial charge in [0.1, 0.15) is 12.4 Å². The van der Waals surface area contributed by atoms with Gasteiger partial charge < -0.3 is 10.1 Å². The fourth-order valence-corrected chi connectivity index (χ4v) is 7.12. The van der Waals surface area contributed by atoms with E-state index in [1.807, 2.05) is 23.2 Å². The Bertz CT molecular complexity index is 1690. The van der Waals surface area contributed by atoms with E-state index in [4.69, 9.17) is 4.74 Å². The molecule has 0 aliphatic carbocycles. The van der Waals surface area contributed by atoms with Crippen LogP contribution in [0.3, 0.4) is 0 Å². The fourth-order valence-electron chi connectivity index (χ4n) is 3.98. The number of nitrogens with zero attached hydrogens (tertiary/aromatic N) is 2. The number of fused-ring (bicyclic) bond motifs is 1. The van der Waals surface area contributed by atoms with Crippen molar-refractivity contribution >= 4 is 45.2 Å². The number of hydrogen-bond acceptors (Lipinski definition) is 11. The molecule has 3 aromatic rings. The second kappa shape index (κ2) is 13.0. The van der Waals surface area contributed by atoms with Gasteiger partial charge in [-0.3, -0.25) is 15.4 Å². The number of sulfone groups is 1. The Morgan fingerprint density at radius 1 is 0.854 bits per heavy atom. The summed E-state index contributed by atoms with van der Waals surface area (Å²) >= 11 is 0. The molecule has 0 atom stereocenters. The predicted octanol–water partition coefficient (Wildman–Crippen LogP) is 2.87. The van der Waals surface area contributed by atoms with Crippen molar-refractivity contribution in [3.05, 3.63) is 78.4 Å². The highest BCUT2D eigenvalue weighted by atomic mass is 33.2. The van der Waals surface area contributed by atoms with Crippen molar-refractivity contribution in [2.24, 2.45) is 4.99 Å². The van der Waals surface area contributed by atoms with E-state index >= 15 is 0 Å². The second-order valence-electron chi connectivity index (χ2n) is 9.33. The molecule has 0 bridgehead atoms. The van der Waals surface area contributed by atoms with Crippen LogP contribution in [0.1, 0.15) is 18.4 Å². The van der Waals surface area contributed by atoms with Gasteiger partial charge in [-0.15, -0.1) is 0 Å². The van der Waals surface area contributed by atoms with E-state index < -0.39 is 33.3 Å². The van der Waals surface area contributed by atoms with Gasteiger partial charge in [0.2, 0.25) is 9.84 Å². The number of aliphatic imine (C=N–C) groups is 1. The Labute approximate surface area is 240 Å². The quantitative estimate of drug-likeness (QED) is 0.203. The fraction of sp³-hybridized carbons (Fsp3) is 0.296. The van der Waals surface area contributed by atoms with E-state index in [2.05, 4.69) is 15.7 Å². The van der Waals surface area contributed by atoms with Crippen LogP contribution in [-0.2, 0) is 27.6 Å². The van der Waals surface area contributed by atoms with E-state index in [1.54, 1.807) is 60.8 Å². The summed E-state index contributed by atoms with van der Waals surface area (Å²) in [7, 11) is -11.8. The molecule has 11 nitrogen and oxygen atoms in total. The summed E-state index contributed by atoms with van der Waals surface area (Å²) in [5.41, 5.74) is 5.74. The third-order valence-electron chi connectivity index (χ3n) is 6.23. The maximum atomic E-state index is 12.8. The molecule has 0 aromatic heterocycles. The van der Waals surface area contributed by atoms with Gasteiger partial charge in [-0.05, 0) is 74.0 Å². The SMILES string of the molecule is CS(=O)(=O)S(=O)(=O)CCNCCCCOc1ccc2c(c1)C=NCN2Nc1ccc(S(=O)(=O)c2ccccc2)cc1. The van der Waals surface area contributed by atoms with Crippen molar-refractivity contribution in [1.29, 1.82) is 0 Å². The van der Waals surface area contributed by atoms with Gasteiger partial charge >= 0.3 is 0 Å². The number of nitrogens with one attached hydrogen (secondary N) is 2. The number of ether oxygens (including phenoxy) is 1. The highest BCUT2D eigenvalue weighted by Gasteiger charge is 2.23. The predicted molar refractivity (Wildman–Crippen MR) is 160 cm³/mol. The van der Waals surface area contributed by atoms with Crippen LogP contribution in [0, 0.1) is 0 Å². The van der Waals surface area contributed by atoms with E-state index in [1.165, 1.54) is 0 Å². The minimum atomic E-state index is -4.13. The Kier molecular flexibility index (Phi) is 9.68. The van der Waals surface area contributed by atoms with Crippen LogP contribution < -0.4 is 20.5 Å². The maximum absolute atomic E-state index is 12.8. The molecule has 0 fully saturated rings. The Hall–Kier alpha value is -3.46. The van der Waals surface area contributed by atoms with Crippen molar-refractivity contribution in [1.82, 2.24) is 5.32 Å². The molecule has 1 aliphatic heterocycles. The van der Waals surface area contributed by atoms with Crippen molar-refractivity contribution in [3.63, 3.8) is 0 Å². The summed E-state index contributed by atoms with van der Waals surface area (Å²) in [4.78, 5) is 4.86. The minimum absolute atomic E-state index is 0.0713. The molecule has 0 amide bonds. The van der Waals surface area contributed by atoms with Crippen LogP contribution >= 0.6 is 0 Å². The summed E-state index contributed by atoms with van der Waals surface area (Å²) in [6, 6.07) is 20.5. The molecule has 1 aliphatic rings. The van der Waals surface area contributed by atoms with Crippen molar-refractivity contribution in [2.75, 3.05) is 48.8 Å². The summed E-state index contributed by atoms with van der Waals surface area (Å²) < 4.78 is 77.1. The number of benzene rings is 3. The molecule has 3 aromatic carbocycles. The maximum Gasteiger partial charge on any atom is 0.254 e. The van der Waals surface area contributed by atoms with Crippen molar-refractivity contribution in [2.45, 2.75) is 22.6 Å². The molecule has 0 saturated carbocycles. The number of hydrogen-bond donors (Lipinski definition) is 2. The summed E-state index contributed by atoms with van der Waals surface area (Å²) in [6.45, 7) is 1.44. The van der Waals surface area contributed by atoms with Crippen LogP contribution in [0.25, 0.3) is 0 Å². The first-order valence-corrected chi connectivity index (χ1v) is 18.4. The molecule has 220 valence electrons. The average Bonchev–Trinajstić information content (AvgIpc) is 2.94. The first-order chi connectivity index (χ1) is 19.5. The number of anilines is 2. The van der Waals surface area contributed by atoms with Crippen LogP contribution in [0.15, 0.2) is 87.6 Å². The third kappa shape index (κ3) is 7.85. The van der Waals surface area contributed by atoms with Crippen LogP contribution in [0.4, 0.5) is 11.4 Å². The normalized spacial score (nSPS) is 13.5. The average molecular weight is 621 g/mol. The smallest absolute Gasteiger partial charge is 0.254 e. The molecule has 0 saturated heterocycles. The molecule has 4 rings (SSSR count). The van der Waals surface area contributed by atoms with Gasteiger partial charge in [-0.2, -0.15) is 0 Å². The lowest BCUT2D eigenvalue weighted by molar-refractivity contribution is 0.306. The number of hydrazine groups is 1. The standard InChI is InChI=1S/C27H32N4O7S3/c1-39(32,33)40(34,35)18-16-28-15-5-6-17-38-24-11-14-27-22(19-24)20-29-21-31(27)30-23-9-12-26(13-10-23)41(36,37)25-7-3-2-4-8-25/h2-4,7-14,19-20,28,30H,5-6,15-18,21H2,1H3. The van der Waals surface area contributed by atoms with E-state index in [9.17, 15) is 25.3 Å². The molecule has 14 heteroatoms. The summed E-state index contributed by atoms with van der Waals surface area (Å²) in [5.74, 6) is 0.228. The zero-order chi connectivity index (χ0) is 29.5. The molecule has 0 spiro atoms. The highest BCUT2D eigenvalue weighted by Crippen LogP contribution is 2.28. The summed E-state index contributed by atoms with van der Waals surface area (Å²) in [6.07, 6.45) is 3.92. The molecular weight excluding hydrogens is 589 g/mol. The molecular formula is C27H32N4O7S3. The van der Waals surface area contributed by atoms with E-state index in [0.717, 1.165) is 24.1 Å². The molecule has 0 unspecified atom stereocenters. The zero-order valence-corrected chi connectivity index (χ0v) is 24.9. The van der Waals surface area contributed by atoms with E-state index in [0.29, 0.717) is 37.5 Å². The lowest BCUT2D eigenvalue weighted by atomic mass is 10.1. The van der Waals surface area contributed by atoms with Gasteiger partial charge in [-0.1, -0.05) is 18.2 Å². The highest BCUT2D eigenvalue weighted by molar-refractivity contribution is 8.66. The van der Waals surface area contributed by atoms with Gasteiger partial charge in [0.25, 0.3) is 17.7 Å². The van der Waals surface area contributed by atoms with Crippen LogP contribution in [0.2, 0.25) is 0 Å².